The molecule has 1 heterocycles. The Labute approximate surface area is 113 Å². The van der Waals surface area contributed by atoms with E-state index < -0.39 is 0 Å². The lowest BCUT2D eigenvalue weighted by atomic mass is 10.1. The molecule has 0 radical (unpaired) electrons. The molecule has 1 aliphatic rings. The van der Waals surface area contributed by atoms with Gasteiger partial charge in [0.2, 0.25) is 0 Å². The van der Waals surface area contributed by atoms with E-state index in [0.717, 1.165) is 18.5 Å². The van der Waals surface area contributed by atoms with Crippen LogP contribution in [0.15, 0.2) is 6.20 Å². The van der Waals surface area contributed by atoms with Crippen molar-refractivity contribution < 1.29 is 4.79 Å². The number of alkyl halides is 1. The van der Waals surface area contributed by atoms with Crippen molar-refractivity contribution >= 4 is 17.5 Å². The SMILES string of the molecule is Cc1nn(C)cc1C(=O)N(CCCl)C1CCCC1. The van der Waals surface area contributed by atoms with Crippen molar-refractivity contribution in [2.24, 2.45) is 7.05 Å². The van der Waals surface area contributed by atoms with E-state index in [2.05, 4.69) is 5.10 Å². The Balaban J connectivity index is 2.19. The average Bonchev–Trinajstić information content (AvgIpc) is 2.95. The molecule has 0 bridgehead atoms. The summed E-state index contributed by atoms with van der Waals surface area (Å²) in [6.45, 7) is 2.50. The zero-order valence-corrected chi connectivity index (χ0v) is 11.8. The van der Waals surface area contributed by atoms with Gasteiger partial charge < -0.3 is 4.90 Å². The molecule has 0 unspecified atom stereocenters. The lowest BCUT2D eigenvalue weighted by molar-refractivity contribution is 0.0694. The highest BCUT2D eigenvalue weighted by molar-refractivity contribution is 6.18. The zero-order valence-electron chi connectivity index (χ0n) is 11.0. The summed E-state index contributed by atoms with van der Waals surface area (Å²) in [6.07, 6.45) is 6.42. The van der Waals surface area contributed by atoms with Crippen molar-refractivity contribution in [2.45, 2.75) is 38.6 Å². The molecule has 1 aromatic rings. The van der Waals surface area contributed by atoms with E-state index in [1.54, 1.807) is 10.9 Å². The predicted molar refractivity (Wildman–Crippen MR) is 72.0 cm³/mol. The van der Waals surface area contributed by atoms with E-state index in [0.29, 0.717) is 24.0 Å². The third-order valence-electron chi connectivity index (χ3n) is 3.60. The maximum atomic E-state index is 12.6. The van der Waals surface area contributed by atoms with E-state index in [4.69, 9.17) is 11.6 Å². The number of amides is 1. The van der Waals surface area contributed by atoms with Crippen LogP contribution in [0.4, 0.5) is 0 Å². The third-order valence-corrected chi connectivity index (χ3v) is 3.76. The molecule has 1 aromatic heterocycles. The number of carbonyl (C=O) groups is 1. The van der Waals surface area contributed by atoms with Crippen LogP contribution < -0.4 is 0 Å². The van der Waals surface area contributed by atoms with Crippen LogP contribution in [0.5, 0.6) is 0 Å². The molecule has 0 atom stereocenters. The maximum Gasteiger partial charge on any atom is 0.257 e. The fourth-order valence-electron chi connectivity index (χ4n) is 2.72. The van der Waals surface area contributed by atoms with Crippen molar-refractivity contribution in [2.75, 3.05) is 12.4 Å². The fourth-order valence-corrected chi connectivity index (χ4v) is 2.90. The number of hydrogen-bond donors (Lipinski definition) is 0. The van der Waals surface area contributed by atoms with Gasteiger partial charge in [0.15, 0.2) is 0 Å². The Morgan fingerprint density at radius 3 is 2.72 bits per heavy atom. The van der Waals surface area contributed by atoms with Gasteiger partial charge >= 0.3 is 0 Å². The molecule has 4 nitrogen and oxygen atoms in total. The molecule has 5 heteroatoms. The lowest BCUT2D eigenvalue weighted by Crippen LogP contribution is -2.40. The van der Waals surface area contributed by atoms with Gasteiger partial charge in [0.05, 0.1) is 11.3 Å². The summed E-state index contributed by atoms with van der Waals surface area (Å²) in [5.74, 6) is 0.565. The van der Waals surface area contributed by atoms with Crippen molar-refractivity contribution in [3.05, 3.63) is 17.5 Å². The minimum Gasteiger partial charge on any atom is -0.334 e. The molecule has 0 aromatic carbocycles. The van der Waals surface area contributed by atoms with Gasteiger partial charge in [-0.25, -0.2) is 0 Å². The van der Waals surface area contributed by atoms with Crippen molar-refractivity contribution in [3.8, 4) is 0 Å². The first-order valence-corrected chi connectivity index (χ1v) is 7.04. The summed E-state index contributed by atoms with van der Waals surface area (Å²) >= 11 is 5.84. The second-order valence-corrected chi connectivity index (χ2v) is 5.31. The monoisotopic (exact) mass is 269 g/mol. The fraction of sp³-hybridized carbons (Fsp3) is 0.692. The summed E-state index contributed by atoms with van der Waals surface area (Å²) in [6, 6.07) is 0.357. The van der Waals surface area contributed by atoms with E-state index in [1.807, 2.05) is 18.9 Å². The topological polar surface area (TPSA) is 38.1 Å². The number of carbonyl (C=O) groups excluding carboxylic acids is 1. The first-order chi connectivity index (χ1) is 8.63. The van der Waals surface area contributed by atoms with Crippen LogP contribution in [-0.2, 0) is 7.05 Å². The highest BCUT2D eigenvalue weighted by Crippen LogP contribution is 2.25. The van der Waals surface area contributed by atoms with Gasteiger partial charge in [0.25, 0.3) is 5.91 Å². The summed E-state index contributed by atoms with van der Waals surface area (Å²) in [7, 11) is 1.84. The van der Waals surface area contributed by atoms with Crippen molar-refractivity contribution in [3.63, 3.8) is 0 Å². The van der Waals surface area contributed by atoms with Crippen molar-refractivity contribution in [1.29, 1.82) is 0 Å². The average molecular weight is 270 g/mol. The van der Waals surface area contributed by atoms with Gasteiger partial charge in [0.1, 0.15) is 0 Å². The number of halogens is 1. The van der Waals surface area contributed by atoms with Crippen LogP contribution in [0, 0.1) is 6.92 Å². The number of rotatable bonds is 4. The first-order valence-electron chi connectivity index (χ1n) is 6.50. The van der Waals surface area contributed by atoms with Gasteiger partial charge in [-0.3, -0.25) is 9.48 Å². The van der Waals surface area contributed by atoms with Crippen LogP contribution in [-0.4, -0.2) is 39.1 Å². The molecule has 0 N–H and O–H groups in total. The Hall–Kier alpha value is -1.03. The molecule has 0 aliphatic heterocycles. The Kier molecular flexibility index (Phi) is 4.27. The van der Waals surface area contributed by atoms with Gasteiger partial charge in [-0.15, -0.1) is 11.6 Å². The smallest absolute Gasteiger partial charge is 0.257 e. The van der Waals surface area contributed by atoms with Gasteiger partial charge in [-0.05, 0) is 19.8 Å². The van der Waals surface area contributed by atoms with Gasteiger partial charge in [-0.2, -0.15) is 5.10 Å². The second kappa shape index (κ2) is 5.74. The van der Waals surface area contributed by atoms with Crippen LogP contribution in [0.3, 0.4) is 0 Å². The van der Waals surface area contributed by atoms with E-state index in [1.165, 1.54) is 12.8 Å². The molecular weight excluding hydrogens is 250 g/mol. The highest BCUT2D eigenvalue weighted by Gasteiger charge is 2.28. The first kappa shape index (κ1) is 13.4. The molecule has 1 saturated carbocycles. The summed E-state index contributed by atoms with van der Waals surface area (Å²) in [5.41, 5.74) is 1.49. The molecule has 0 spiro atoms. The predicted octanol–water partition coefficient (Wildman–Crippen LogP) is 2.35. The summed E-state index contributed by atoms with van der Waals surface area (Å²) in [4.78, 5) is 14.5. The van der Waals surface area contributed by atoms with Crippen LogP contribution in [0.1, 0.15) is 41.7 Å². The second-order valence-electron chi connectivity index (χ2n) is 4.93. The van der Waals surface area contributed by atoms with Crippen LogP contribution >= 0.6 is 11.6 Å². The molecule has 100 valence electrons. The van der Waals surface area contributed by atoms with Gasteiger partial charge in [0, 0.05) is 31.7 Å². The quantitative estimate of drug-likeness (QED) is 0.787. The summed E-state index contributed by atoms with van der Waals surface area (Å²) in [5, 5.41) is 4.24. The van der Waals surface area contributed by atoms with Crippen molar-refractivity contribution in [1.82, 2.24) is 14.7 Å². The standard InChI is InChI=1S/C13H20ClN3O/c1-10-12(9-16(2)15-10)13(18)17(8-7-14)11-5-3-4-6-11/h9,11H,3-8H2,1-2H3. The Bertz CT molecular complexity index is 424. The number of aryl methyl sites for hydroxylation is 2. The third kappa shape index (κ3) is 2.69. The molecule has 1 fully saturated rings. The summed E-state index contributed by atoms with van der Waals surface area (Å²) < 4.78 is 1.69. The molecule has 1 amide bonds. The Morgan fingerprint density at radius 1 is 1.56 bits per heavy atom. The lowest BCUT2D eigenvalue weighted by Gasteiger charge is -2.28. The van der Waals surface area contributed by atoms with Gasteiger partial charge in [-0.1, -0.05) is 12.8 Å². The molecule has 18 heavy (non-hydrogen) atoms. The molecule has 2 rings (SSSR count). The minimum atomic E-state index is 0.0770. The Morgan fingerprint density at radius 2 is 2.22 bits per heavy atom. The van der Waals surface area contributed by atoms with E-state index in [9.17, 15) is 4.79 Å². The number of nitrogens with zero attached hydrogens (tertiary/aromatic N) is 3. The number of aromatic nitrogens is 2. The maximum absolute atomic E-state index is 12.6. The minimum absolute atomic E-state index is 0.0770. The molecular formula is C13H20ClN3O. The van der Waals surface area contributed by atoms with Crippen LogP contribution in [0.25, 0.3) is 0 Å². The zero-order chi connectivity index (χ0) is 13.1. The van der Waals surface area contributed by atoms with Crippen LogP contribution in [0.2, 0.25) is 0 Å². The van der Waals surface area contributed by atoms with E-state index in [-0.39, 0.29) is 5.91 Å². The normalized spacial score (nSPS) is 16.2. The number of hydrogen-bond acceptors (Lipinski definition) is 2. The molecule has 1 aliphatic carbocycles. The molecule has 0 saturated heterocycles. The highest BCUT2D eigenvalue weighted by atomic mass is 35.5. The van der Waals surface area contributed by atoms with E-state index >= 15 is 0 Å². The largest absolute Gasteiger partial charge is 0.334 e.